The molecule has 0 aliphatic heterocycles. The smallest absolute Gasteiger partial charge is 0.305 e. The number of carbonyl (C=O) groups is 2. The second kappa shape index (κ2) is 6.33. The number of benzene rings is 1. The number of nitrogens with one attached hydrogen (secondary N) is 1. The summed E-state index contributed by atoms with van der Waals surface area (Å²) in [5.41, 5.74) is 0.538. The second-order valence-electron chi connectivity index (χ2n) is 4.73. The Morgan fingerprint density at radius 1 is 1.23 bits per heavy atom. The standard InChI is InChI=1S/C14H15FN4O3/c1-8-17-18-9(2)19(8)12-6-10(5-11(15)7-12)14(22)16-4-3-13(20)21/h5-7H,3-4H2,1-2H3,(H,16,22)(H,20,21). The summed E-state index contributed by atoms with van der Waals surface area (Å²) in [6, 6.07) is 3.87. The van der Waals surface area contributed by atoms with Gasteiger partial charge in [0.25, 0.3) is 5.91 Å². The van der Waals surface area contributed by atoms with Crippen LogP contribution in [0.5, 0.6) is 0 Å². The fourth-order valence-corrected chi connectivity index (χ4v) is 2.06. The van der Waals surface area contributed by atoms with Gasteiger partial charge in [-0.1, -0.05) is 0 Å². The highest BCUT2D eigenvalue weighted by molar-refractivity contribution is 5.94. The predicted octanol–water partition coefficient (Wildman–Crippen LogP) is 1.23. The van der Waals surface area contributed by atoms with E-state index in [1.165, 1.54) is 12.1 Å². The summed E-state index contributed by atoms with van der Waals surface area (Å²) in [5, 5.41) is 18.8. The van der Waals surface area contributed by atoms with Gasteiger partial charge in [-0.05, 0) is 32.0 Å². The Morgan fingerprint density at radius 2 is 1.86 bits per heavy atom. The third-order valence-corrected chi connectivity index (χ3v) is 3.01. The molecule has 1 amide bonds. The van der Waals surface area contributed by atoms with Crippen LogP contribution in [0.25, 0.3) is 5.69 Å². The summed E-state index contributed by atoms with van der Waals surface area (Å²) in [7, 11) is 0. The van der Waals surface area contributed by atoms with Gasteiger partial charge in [-0.15, -0.1) is 10.2 Å². The summed E-state index contributed by atoms with van der Waals surface area (Å²) in [4.78, 5) is 22.4. The number of nitrogens with zero attached hydrogens (tertiary/aromatic N) is 3. The van der Waals surface area contributed by atoms with Crippen LogP contribution in [0.1, 0.15) is 28.4 Å². The van der Waals surface area contributed by atoms with Crippen molar-refractivity contribution in [2.45, 2.75) is 20.3 Å². The van der Waals surface area contributed by atoms with Crippen LogP contribution in [0.4, 0.5) is 4.39 Å². The first-order chi connectivity index (χ1) is 10.4. The minimum Gasteiger partial charge on any atom is -0.481 e. The Hall–Kier alpha value is -2.77. The number of carbonyl (C=O) groups excluding carboxylic acids is 1. The predicted molar refractivity (Wildman–Crippen MR) is 75.4 cm³/mol. The summed E-state index contributed by atoms with van der Waals surface area (Å²) in [6.45, 7) is 3.42. The molecule has 0 saturated heterocycles. The average Bonchev–Trinajstić information content (AvgIpc) is 2.77. The zero-order valence-corrected chi connectivity index (χ0v) is 12.1. The lowest BCUT2D eigenvalue weighted by Crippen LogP contribution is -2.26. The molecule has 2 aromatic rings. The van der Waals surface area contributed by atoms with E-state index in [1.54, 1.807) is 18.4 Å². The lowest BCUT2D eigenvalue weighted by atomic mass is 10.1. The molecule has 22 heavy (non-hydrogen) atoms. The maximum Gasteiger partial charge on any atom is 0.305 e. The van der Waals surface area contributed by atoms with E-state index in [-0.39, 0.29) is 18.5 Å². The highest BCUT2D eigenvalue weighted by Gasteiger charge is 2.13. The molecule has 1 aromatic heterocycles. The molecule has 0 atom stereocenters. The zero-order chi connectivity index (χ0) is 16.3. The Bertz CT molecular complexity index is 707. The van der Waals surface area contributed by atoms with Crippen LogP contribution in [0.3, 0.4) is 0 Å². The summed E-state index contributed by atoms with van der Waals surface area (Å²) in [5.74, 6) is -0.990. The molecule has 0 unspecified atom stereocenters. The number of amides is 1. The minimum atomic E-state index is -1.02. The van der Waals surface area contributed by atoms with Crippen molar-refractivity contribution < 1.29 is 19.1 Å². The molecule has 2 N–H and O–H groups in total. The van der Waals surface area contributed by atoms with Gasteiger partial charge in [-0.25, -0.2) is 4.39 Å². The van der Waals surface area contributed by atoms with Crippen molar-refractivity contribution in [2.75, 3.05) is 6.54 Å². The van der Waals surface area contributed by atoms with E-state index in [9.17, 15) is 14.0 Å². The number of rotatable bonds is 5. The lowest BCUT2D eigenvalue weighted by Gasteiger charge is -2.10. The molecule has 0 aliphatic carbocycles. The first-order valence-electron chi connectivity index (χ1n) is 6.58. The van der Waals surface area contributed by atoms with Gasteiger partial charge in [0.05, 0.1) is 12.1 Å². The van der Waals surface area contributed by atoms with E-state index < -0.39 is 17.7 Å². The van der Waals surface area contributed by atoms with Gasteiger partial charge in [-0.3, -0.25) is 14.2 Å². The van der Waals surface area contributed by atoms with Crippen molar-refractivity contribution in [1.82, 2.24) is 20.1 Å². The van der Waals surface area contributed by atoms with Gasteiger partial charge in [0.15, 0.2) is 0 Å². The van der Waals surface area contributed by atoms with Crippen LogP contribution in [0.15, 0.2) is 18.2 Å². The topological polar surface area (TPSA) is 97.1 Å². The summed E-state index contributed by atoms with van der Waals surface area (Å²) in [6.07, 6.45) is -0.197. The van der Waals surface area contributed by atoms with Crippen molar-refractivity contribution >= 4 is 11.9 Å². The maximum atomic E-state index is 13.8. The molecule has 0 aliphatic rings. The molecule has 8 heteroatoms. The van der Waals surface area contributed by atoms with Gasteiger partial charge in [0.2, 0.25) is 0 Å². The molecule has 2 rings (SSSR count). The third kappa shape index (κ3) is 3.46. The van der Waals surface area contributed by atoms with E-state index in [0.717, 1.165) is 6.07 Å². The number of hydrogen-bond donors (Lipinski definition) is 2. The molecule has 1 aromatic carbocycles. The van der Waals surface area contributed by atoms with Crippen molar-refractivity contribution in [3.63, 3.8) is 0 Å². The Balaban J connectivity index is 2.27. The van der Waals surface area contributed by atoms with E-state index in [4.69, 9.17) is 5.11 Å². The number of halogens is 1. The molecule has 7 nitrogen and oxygen atoms in total. The van der Waals surface area contributed by atoms with E-state index in [0.29, 0.717) is 17.3 Å². The number of aromatic nitrogens is 3. The van der Waals surface area contributed by atoms with Gasteiger partial charge in [-0.2, -0.15) is 0 Å². The summed E-state index contributed by atoms with van der Waals surface area (Å²) >= 11 is 0. The van der Waals surface area contributed by atoms with Crippen LogP contribution >= 0.6 is 0 Å². The fraction of sp³-hybridized carbons (Fsp3) is 0.286. The van der Waals surface area contributed by atoms with Gasteiger partial charge >= 0.3 is 5.97 Å². The maximum absolute atomic E-state index is 13.8. The van der Waals surface area contributed by atoms with Crippen LogP contribution in [-0.2, 0) is 4.79 Å². The molecular formula is C14H15FN4O3. The molecule has 0 spiro atoms. The normalized spacial score (nSPS) is 10.5. The first kappa shape index (κ1) is 15.6. The second-order valence-corrected chi connectivity index (χ2v) is 4.73. The molecule has 0 fully saturated rings. The Morgan fingerprint density at radius 3 is 2.45 bits per heavy atom. The molecule has 0 saturated carbocycles. The molecule has 0 radical (unpaired) electrons. The fourth-order valence-electron chi connectivity index (χ4n) is 2.06. The highest BCUT2D eigenvalue weighted by Crippen LogP contribution is 2.16. The Labute approximate surface area is 125 Å². The van der Waals surface area contributed by atoms with E-state index in [1.807, 2.05) is 0 Å². The number of aryl methyl sites for hydroxylation is 2. The molecule has 116 valence electrons. The van der Waals surface area contributed by atoms with E-state index in [2.05, 4.69) is 15.5 Å². The van der Waals surface area contributed by atoms with Crippen molar-refractivity contribution in [1.29, 1.82) is 0 Å². The molecule has 1 heterocycles. The van der Waals surface area contributed by atoms with E-state index >= 15 is 0 Å². The van der Waals surface area contributed by atoms with Crippen molar-refractivity contribution in [3.8, 4) is 5.69 Å². The number of hydrogen-bond acceptors (Lipinski definition) is 4. The zero-order valence-electron chi connectivity index (χ0n) is 12.1. The number of carboxylic acid groups (broad SMARTS) is 1. The minimum absolute atomic E-state index is 0.0231. The largest absolute Gasteiger partial charge is 0.481 e. The lowest BCUT2D eigenvalue weighted by molar-refractivity contribution is -0.136. The van der Waals surface area contributed by atoms with Crippen LogP contribution in [0.2, 0.25) is 0 Å². The molecule has 0 bridgehead atoms. The van der Waals surface area contributed by atoms with Crippen molar-refractivity contribution in [3.05, 3.63) is 41.2 Å². The molecular weight excluding hydrogens is 291 g/mol. The summed E-state index contributed by atoms with van der Waals surface area (Å²) < 4.78 is 15.4. The van der Waals surface area contributed by atoms with Crippen LogP contribution < -0.4 is 5.32 Å². The monoisotopic (exact) mass is 306 g/mol. The van der Waals surface area contributed by atoms with Gasteiger partial charge in [0.1, 0.15) is 17.5 Å². The van der Waals surface area contributed by atoms with Crippen LogP contribution in [-0.4, -0.2) is 38.3 Å². The average molecular weight is 306 g/mol. The highest BCUT2D eigenvalue weighted by atomic mass is 19.1. The first-order valence-corrected chi connectivity index (χ1v) is 6.58. The number of carboxylic acids is 1. The third-order valence-electron chi connectivity index (χ3n) is 3.01. The van der Waals surface area contributed by atoms with Gasteiger partial charge in [0, 0.05) is 12.1 Å². The Kier molecular flexibility index (Phi) is 4.50. The SMILES string of the molecule is Cc1nnc(C)n1-c1cc(F)cc(C(=O)NCCC(=O)O)c1. The van der Waals surface area contributed by atoms with Crippen molar-refractivity contribution in [2.24, 2.45) is 0 Å². The van der Waals surface area contributed by atoms with Gasteiger partial charge < -0.3 is 10.4 Å². The number of aliphatic carboxylic acids is 1. The van der Waals surface area contributed by atoms with Crippen LogP contribution in [0, 0.1) is 19.7 Å². The quantitative estimate of drug-likeness (QED) is 0.866.